The maximum atomic E-state index is 8.66. The number of aliphatic hydroxyl groups is 1. The summed E-state index contributed by atoms with van der Waals surface area (Å²) in [5, 5.41) is 8.66. The summed E-state index contributed by atoms with van der Waals surface area (Å²) in [6, 6.07) is 0. The van der Waals surface area contributed by atoms with E-state index < -0.39 is 0 Å². The fourth-order valence-electron chi connectivity index (χ4n) is 3.51. The largest absolute Gasteiger partial charge is 0.394 e. The molecule has 212 valence electrons. The normalized spacial score (nSPS) is 15.3. The summed E-state index contributed by atoms with van der Waals surface area (Å²) in [5.41, 5.74) is 0. The average molecular weight is 507 g/mol. The summed E-state index contributed by atoms with van der Waals surface area (Å²) in [6.07, 6.45) is 13.4. The Bertz CT molecular complexity index is 411. The molecule has 0 bridgehead atoms. The van der Waals surface area contributed by atoms with E-state index in [4.69, 9.17) is 33.5 Å². The van der Waals surface area contributed by atoms with E-state index in [0.29, 0.717) is 46.2 Å². The predicted octanol–water partition coefficient (Wildman–Crippen LogP) is 5.55. The maximum Gasteiger partial charge on any atom is 0.0781 e. The van der Waals surface area contributed by atoms with Gasteiger partial charge in [0.2, 0.25) is 0 Å². The lowest BCUT2D eigenvalue weighted by atomic mass is 10.1. The Morgan fingerprint density at radius 2 is 0.914 bits per heavy atom. The van der Waals surface area contributed by atoms with E-state index in [1.165, 1.54) is 57.8 Å². The highest BCUT2D eigenvalue weighted by molar-refractivity contribution is 4.57. The highest BCUT2D eigenvalue weighted by atomic mass is 16.6. The van der Waals surface area contributed by atoms with Crippen LogP contribution in [0.25, 0.3) is 0 Å². The van der Waals surface area contributed by atoms with Crippen molar-refractivity contribution in [3.63, 3.8) is 0 Å². The molecule has 0 fully saturated rings. The second-order valence-corrected chi connectivity index (χ2v) is 9.71. The molecule has 4 atom stereocenters. The minimum atomic E-state index is -0.0176. The molecule has 7 nitrogen and oxygen atoms in total. The van der Waals surface area contributed by atoms with Gasteiger partial charge < -0.3 is 33.5 Å². The van der Waals surface area contributed by atoms with Crippen LogP contribution in [0.3, 0.4) is 0 Å². The molecular weight excluding hydrogens is 448 g/mol. The lowest BCUT2D eigenvalue weighted by Gasteiger charge is -2.21. The van der Waals surface area contributed by atoms with Crippen LogP contribution >= 0.6 is 0 Å². The third-order valence-electron chi connectivity index (χ3n) is 5.71. The molecule has 0 radical (unpaired) electrons. The van der Waals surface area contributed by atoms with E-state index in [-0.39, 0.29) is 31.0 Å². The summed E-state index contributed by atoms with van der Waals surface area (Å²) in [7, 11) is 0. The van der Waals surface area contributed by atoms with Crippen LogP contribution in [0.15, 0.2) is 0 Å². The van der Waals surface area contributed by atoms with Crippen LogP contribution in [0.2, 0.25) is 0 Å². The van der Waals surface area contributed by atoms with Crippen molar-refractivity contribution in [1.29, 1.82) is 0 Å². The van der Waals surface area contributed by atoms with Crippen LogP contribution in [0.5, 0.6) is 0 Å². The van der Waals surface area contributed by atoms with Crippen molar-refractivity contribution in [3.8, 4) is 0 Å². The topological polar surface area (TPSA) is 75.6 Å². The molecule has 1 N–H and O–H groups in total. The van der Waals surface area contributed by atoms with Gasteiger partial charge in [-0.25, -0.2) is 0 Å². The lowest BCUT2D eigenvalue weighted by molar-refractivity contribution is -0.0948. The molecule has 4 unspecified atom stereocenters. The predicted molar refractivity (Wildman–Crippen MR) is 142 cm³/mol. The van der Waals surface area contributed by atoms with E-state index in [9.17, 15) is 0 Å². The van der Waals surface area contributed by atoms with Crippen molar-refractivity contribution in [2.45, 2.75) is 123 Å². The molecule has 0 aliphatic heterocycles. The zero-order valence-corrected chi connectivity index (χ0v) is 23.6. The zero-order valence-electron chi connectivity index (χ0n) is 23.6. The number of rotatable bonds is 28. The summed E-state index contributed by atoms with van der Waals surface area (Å²) >= 11 is 0. The van der Waals surface area contributed by atoms with E-state index in [0.717, 1.165) is 13.0 Å². The molecule has 0 aromatic rings. The first-order valence-corrected chi connectivity index (χ1v) is 14.2. The van der Waals surface area contributed by atoms with Crippen molar-refractivity contribution in [1.82, 2.24) is 0 Å². The molecule has 0 aromatic heterocycles. The Hall–Kier alpha value is -0.280. The van der Waals surface area contributed by atoms with E-state index in [2.05, 4.69) is 6.92 Å². The van der Waals surface area contributed by atoms with Gasteiger partial charge in [0.15, 0.2) is 0 Å². The third kappa shape index (κ3) is 26.6. The summed E-state index contributed by atoms with van der Waals surface area (Å²) in [6.45, 7) is 14.7. The molecule has 0 aliphatic carbocycles. The number of hydrogen-bond donors (Lipinski definition) is 1. The Morgan fingerprint density at radius 3 is 1.43 bits per heavy atom. The van der Waals surface area contributed by atoms with Gasteiger partial charge in [-0.3, -0.25) is 0 Å². The van der Waals surface area contributed by atoms with Crippen LogP contribution < -0.4 is 0 Å². The van der Waals surface area contributed by atoms with Gasteiger partial charge in [0.1, 0.15) is 0 Å². The molecule has 0 aliphatic rings. The standard InChI is InChI=1S/C28H58O7/c1-6-7-8-9-10-11-12-13-14-15-17-31-21-25(2)33-23-27(4)35-24-28(5)34-22-26(3)32-20-19-30-18-16-29/h25-29H,6-24H2,1-5H3. The third-order valence-corrected chi connectivity index (χ3v) is 5.71. The Kier molecular flexibility index (Phi) is 26.6. The van der Waals surface area contributed by atoms with Crippen LogP contribution in [0.1, 0.15) is 98.8 Å². The van der Waals surface area contributed by atoms with Crippen molar-refractivity contribution in [2.75, 3.05) is 59.5 Å². The fraction of sp³-hybridized carbons (Fsp3) is 1.00. The minimum Gasteiger partial charge on any atom is -0.394 e. The monoisotopic (exact) mass is 506 g/mol. The van der Waals surface area contributed by atoms with Gasteiger partial charge in [-0.05, 0) is 34.1 Å². The summed E-state index contributed by atoms with van der Waals surface area (Å²) in [4.78, 5) is 0. The molecule has 0 saturated heterocycles. The molecule has 0 spiro atoms. The number of ether oxygens (including phenoxy) is 6. The van der Waals surface area contributed by atoms with Gasteiger partial charge in [-0.2, -0.15) is 0 Å². The van der Waals surface area contributed by atoms with Crippen molar-refractivity contribution < 1.29 is 33.5 Å². The molecule has 7 heteroatoms. The van der Waals surface area contributed by atoms with Crippen LogP contribution in [-0.4, -0.2) is 89.0 Å². The zero-order chi connectivity index (χ0) is 26.0. The molecule has 0 saturated carbocycles. The molecular formula is C28H58O7. The summed E-state index contributed by atoms with van der Waals surface area (Å²) < 4.78 is 34.1. The van der Waals surface area contributed by atoms with Crippen molar-refractivity contribution in [2.24, 2.45) is 0 Å². The first-order chi connectivity index (χ1) is 17.0. The smallest absolute Gasteiger partial charge is 0.0781 e. The van der Waals surface area contributed by atoms with Gasteiger partial charge in [-0.15, -0.1) is 0 Å². The average Bonchev–Trinajstić information content (AvgIpc) is 2.85. The van der Waals surface area contributed by atoms with Crippen molar-refractivity contribution in [3.05, 3.63) is 0 Å². The number of unbranched alkanes of at least 4 members (excludes halogenated alkanes) is 9. The van der Waals surface area contributed by atoms with E-state index in [1.54, 1.807) is 0 Å². The highest BCUT2D eigenvalue weighted by Gasteiger charge is 2.11. The lowest BCUT2D eigenvalue weighted by Crippen LogP contribution is -2.28. The molecule has 0 aromatic carbocycles. The van der Waals surface area contributed by atoms with E-state index >= 15 is 0 Å². The second kappa shape index (κ2) is 26.8. The van der Waals surface area contributed by atoms with Gasteiger partial charge >= 0.3 is 0 Å². The van der Waals surface area contributed by atoms with Gasteiger partial charge in [0, 0.05) is 6.61 Å². The van der Waals surface area contributed by atoms with Gasteiger partial charge in [-0.1, -0.05) is 64.7 Å². The molecule has 0 amide bonds. The van der Waals surface area contributed by atoms with Crippen LogP contribution in [-0.2, 0) is 28.4 Å². The number of hydrogen-bond acceptors (Lipinski definition) is 7. The number of aliphatic hydroxyl groups excluding tert-OH is 1. The minimum absolute atomic E-state index is 0.00261. The first-order valence-electron chi connectivity index (χ1n) is 14.2. The fourth-order valence-corrected chi connectivity index (χ4v) is 3.51. The Balaban J connectivity index is 3.50. The van der Waals surface area contributed by atoms with Gasteiger partial charge in [0.05, 0.1) is 77.3 Å². The Morgan fingerprint density at radius 1 is 0.457 bits per heavy atom. The van der Waals surface area contributed by atoms with Crippen LogP contribution in [0, 0.1) is 0 Å². The van der Waals surface area contributed by atoms with E-state index in [1.807, 2.05) is 27.7 Å². The maximum absolute atomic E-state index is 8.66. The highest BCUT2D eigenvalue weighted by Crippen LogP contribution is 2.10. The molecule has 0 rings (SSSR count). The van der Waals surface area contributed by atoms with Gasteiger partial charge in [0.25, 0.3) is 0 Å². The van der Waals surface area contributed by atoms with Crippen molar-refractivity contribution >= 4 is 0 Å². The second-order valence-electron chi connectivity index (χ2n) is 9.71. The SMILES string of the molecule is CCCCCCCCCCCCOCC(C)OCC(C)OCC(C)OCC(C)OCCOCCO. The molecule has 0 heterocycles. The summed E-state index contributed by atoms with van der Waals surface area (Å²) in [5.74, 6) is 0. The Labute approximate surface area is 216 Å². The first kappa shape index (κ1) is 34.7. The molecule has 35 heavy (non-hydrogen) atoms. The van der Waals surface area contributed by atoms with Crippen LogP contribution in [0.4, 0.5) is 0 Å². The quantitative estimate of drug-likeness (QED) is 0.139.